The number of rotatable bonds is 10. The van der Waals surface area contributed by atoms with Gasteiger partial charge in [0.2, 0.25) is 0 Å². The molecule has 0 saturated heterocycles. The summed E-state index contributed by atoms with van der Waals surface area (Å²) in [6, 6.07) is 0. The highest BCUT2D eigenvalue weighted by molar-refractivity contribution is 8.07. The number of carbonyl (C=O) groups is 2. The first-order chi connectivity index (χ1) is 9.85. The molecule has 0 rings (SSSR count). The minimum absolute atomic E-state index is 0.142. The van der Waals surface area contributed by atoms with E-state index in [2.05, 4.69) is 0 Å². The van der Waals surface area contributed by atoms with Gasteiger partial charge in [-0.15, -0.1) is 0 Å². The topological polar surface area (TPSA) is 80.3 Å². The predicted molar refractivity (Wildman–Crippen MR) is 80.2 cm³/mol. The molecule has 21 heavy (non-hydrogen) atoms. The summed E-state index contributed by atoms with van der Waals surface area (Å²) in [5, 5.41) is 0. The Bertz CT molecular complexity index is 373. The first-order valence-corrected chi connectivity index (χ1v) is 9.11. The molecule has 0 fully saturated rings. The third kappa shape index (κ3) is 5.30. The van der Waals surface area contributed by atoms with E-state index in [9.17, 15) is 9.59 Å². The van der Waals surface area contributed by atoms with Gasteiger partial charge in [-0.25, -0.2) is 0 Å². The van der Waals surface area contributed by atoms with Crippen LogP contribution in [0.25, 0.3) is 0 Å². The van der Waals surface area contributed by atoms with Gasteiger partial charge in [-0.3, -0.25) is 9.59 Å². The van der Waals surface area contributed by atoms with Crippen molar-refractivity contribution in [3.63, 3.8) is 0 Å². The maximum atomic E-state index is 12.2. The van der Waals surface area contributed by atoms with E-state index in [1.807, 2.05) is 0 Å². The van der Waals surface area contributed by atoms with Crippen molar-refractivity contribution in [1.29, 1.82) is 0 Å². The Balaban J connectivity index is 5.33. The van der Waals surface area contributed by atoms with Crippen LogP contribution in [0.15, 0.2) is 0 Å². The van der Waals surface area contributed by atoms with Crippen LogP contribution in [-0.4, -0.2) is 46.0 Å². The zero-order chi connectivity index (χ0) is 16.5. The van der Waals surface area contributed by atoms with E-state index in [1.54, 1.807) is 20.8 Å². The molecule has 0 spiro atoms. The van der Waals surface area contributed by atoms with Crippen molar-refractivity contribution < 1.29 is 32.6 Å². The lowest BCUT2D eigenvalue weighted by atomic mass is 9.86. The zero-order valence-corrected chi connectivity index (χ0v) is 14.8. The molecule has 0 aliphatic rings. The molecular formula is C12H23O7PS. The minimum Gasteiger partial charge on any atom is -0.465 e. The van der Waals surface area contributed by atoms with Crippen molar-refractivity contribution in [1.82, 2.24) is 0 Å². The number of hydrogen-bond donors (Lipinski definition) is 0. The van der Waals surface area contributed by atoms with Gasteiger partial charge in [0.25, 0.3) is 0 Å². The molecule has 0 aliphatic heterocycles. The van der Waals surface area contributed by atoms with E-state index in [4.69, 9.17) is 34.9 Å². The summed E-state index contributed by atoms with van der Waals surface area (Å²) >= 11 is 5.06. The predicted octanol–water partition coefficient (Wildman–Crippen LogP) is 2.04. The van der Waals surface area contributed by atoms with Crippen LogP contribution in [0.5, 0.6) is 0 Å². The highest BCUT2D eigenvalue weighted by Crippen LogP contribution is 2.49. The summed E-state index contributed by atoms with van der Waals surface area (Å²) in [4.78, 5) is 24.4. The minimum atomic E-state index is -2.99. The van der Waals surface area contributed by atoms with Crippen molar-refractivity contribution >= 4 is 30.5 Å². The lowest BCUT2D eigenvalue weighted by molar-refractivity contribution is -0.175. The molecule has 0 unspecified atom stereocenters. The molecule has 0 bridgehead atoms. The molecule has 0 aliphatic carbocycles. The van der Waals surface area contributed by atoms with E-state index >= 15 is 0 Å². The molecule has 0 heterocycles. The van der Waals surface area contributed by atoms with E-state index < -0.39 is 24.1 Å². The zero-order valence-electron chi connectivity index (χ0n) is 13.0. The van der Waals surface area contributed by atoms with Crippen molar-refractivity contribution in [2.75, 3.05) is 34.0 Å². The van der Waals surface area contributed by atoms with Crippen LogP contribution in [0, 0.1) is 5.41 Å². The van der Waals surface area contributed by atoms with Crippen molar-refractivity contribution in [2.45, 2.75) is 27.2 Å². The molecule has 0 amide bonds. The van der Waals surface area contributed by atoms with Crippen molar-refractivity contribution in [3.8, 4) is 0 Å². The second kappa shape index (κ2) is 9.48. The van der Waals surface area contributed by atoms with Crippen LogP contribution < -0.4 is 0 Å². The molecule has 7 nitrogen and oxygen atoms in total. The third-order valence-corrected chi connectivity index (χ3v) is 5.40. The maximum Gasteiger partial charge on any atom is 0.326 e. The summed E-state index contributed by atoms with van der Waals surface area (Å²) in [6.45, 7) is 1.94. The summed E-state index contributed by atoms with van der Waals surface area (Å²) < 4.78 is 25.3. The largest absolute Gasteiger partial charge is 0.465 e. The number of ether oxygens (including phenoxy) is 2. The SMILES string of the molecule is CCOC(=O)C(CC)(COP(=S)(OC)OC)C(=O)OCC. The third-order valence-electron chi connectivity index (χ3n) is 2.85. The second-order valence-corrected chi connectivity index (χ2v) is 7.19. The van der Waals surface area contributed by atoms with Gasteiger partial charge in [0.1, 0.15) is 0 Å². The molecule has 124 valence electrons. The van der Waals surface area contributed by atoms with Gasteiger partial charge in [0, 0.05) is 14.2 Å². The Morgan fingerprint density at radius 1 is 1.00 bits per heavy atom. The monoisotopic (exact) mass is 342 g/mol. The quantitative estimate of drug-likeness (QED) is 0.339. The Morgan fingerprint density at radius 3 is 1.71 bits per heavy atom. The van der Waals surface area contributed by atoms with Crippen LogP contribution in [0.1, 0.15) is 27.2 Å². The molecule has 0 N–H and O–H groups in total. The van der Waals surface area contributed by atoms with Gasteiger partial charge in [0.15, 0.2) is 5.41 Å². The van der Waals surface area contributed by atoms with Crippen LogP contribution in [0.4, 0.5) is 0 Å². The highest BCUT2D eigenvalue weighted by Gasteiger charge is 2.49. The molecular weight excluding hydrogens is 319 g/mol. The lowest BCUT2D eigenvalue weighted by Crippen LogP contribution is -2.45. The van der Waals surface area contributed by atoms with Gasteiger partial charge < -0.3 is 23.0 Å². The van der Waals surface area contributed by atoms with Crippen LogP contribution >= 0.6 is 6.72 Å². The van der Waals surface area contributed by atoms with Crippen molar-refractivity contribution in [2.24, 2.45) is 5.41 Å². The summed E-state index contributed by atoms with van der Waals surface area (Å²) in [6.07, 6.45) is 0.146. The number of esters is 2. The van der Waals surface area contributed by atoms with Gasteiger partial charge in [-0.05, 0) is 32.1 Å². The van der Waals surface area contributed by atoms with E-state index in [0.717, 1.165) is 0 Å². The summed E-state index contributed by atoms with van der Waals surface area (Å²) in [5.74, 6) is -1.42. The number of hydrogen-bond acceptors (Lipinski definition) is 8. The molecule has 0 aromatic heterocycles. The van der Waals surface area contributed by atoms with Crippen LogP contribution in [-0.2, 0) is 44.4 Å². The number of carbonyl (C=O) groups excluding carboxylic acids is 2. The lowest BCUT2D eigenvalue weighted by Gasteiger charge is -2.29. The molecule has 0 radical (unpaired) electrons. The summed E-state index contributed by atoms with van der Waals surface area (Å²) in [7, 11) is 2.68. The Hall–Kier alpha value is -0.530. The van der Waals surface area contributed by atoms with Crippen LogP contribution in [0.2, 0.25) is 0 Å². The fourth-order valence-electron chi connectivity index (χ4n) is 1.50. The first-order valence-electron chi connectivity index (χ1n) is 6.56. The van der Waals surface area contributed by atoms with E-state index in [0.29, 0.717) is 0 Å². The van der Waals surface area contributed by atoms with E-state index in [1.165, 1.54) is 14.2 Å². The van der Waals surface area contributed by atoms with Crippen LogP contribution in [0.3, 0.4) is 0 Å². The fourth-order valence-corrected chi connectivity index (χ4v) is 2.40. The molecule has 0 aromatic rings. The first kappa shape index (κ1) is 20.5. The second-order valence-electron chi connectivity index (χ2n) is 3.96. The Morgan fingerprint density at radius 2 is 1.43 bits per heavy atom. The molecule has 9 heteroatoms. The Kier molecular flexibility index (Phi) is 9.24. The molecule has 0 saturated carbocycles. The van der Waals surface area contributed by atoms with Crippen molar-refractivity contribution in [3.05, 3.63) is 0 Å². The average Bonchev–Trinajstić information content (AvgIpc) is 2.48. The normalized spacial score (nSPS) is 12.0. The fraction of sp³-hybridized carbons (Fsp3) is 0.833. The Labute approximate surface area is 130 Å². The van der Waals surface area contributed by atoms with Gasteiger partial charge in [-0.1, -0.05) is 6.92 Å². The highest BCUT2D eigenvalue weighted by atomic mass is 32.5. The van der Waals surface area contributed by atoms with Gasteiger partial charge in [-0.2, -0.15) is 0 Å². The maximum absolute atomic E-state index is 12.2. The van der Waals surface area contributed by atoms with E-state index in [-0.39, 0.29) is 26.2 Å². The molecule has 0 aromatic carbocycles. The van der Waals surface area contributed by atoms with Gasteiger partial charge >= 0.3 is 18.7 Å². The standard InChI is InChI=1S/C12H23O7PS/c1-6-12(10(13)17-7-2,11(14)18-8-3)9-19-20(21,15-4)16-5/h6-9H2,1-5H3. The molecule has 0 atom stereocenters. The smallest absolute Gasteiger partial charge is 0.326 e. The summed E-state index contributed by atoms with van der Waals surface area (Å²) in [5.41, 5.74) is -1.58. The average molecular weight is 342 g/mol. The van der Waals surface area contributed by atoms with Gasteiger partial charge in [0.05, 0.1) is 19.8 Å².